The topological polar surface area (TPSA) is 29.0 Å². The van der Waals surface area contributed by atoms with Gasteiger partial charge in [-0.1, -0.05) is 95.8 Å². The standard InChI is InChI=1S/C11H13N3.C11H16.C8H16/c1-8-12-10-7-5-4-6-9(10)11(13-8)14(2)3;1-3-10(4-2)11-8-6-5-7-9-11;1-7-3-5-8(2)6-4-7/h4-7H,1-3H3;5-10H,3-4H2,1-2H3;7-8H,3-6H2,1-2H3. The molecule has 3 heteroatoms. The average Bonchev–Trinajstić information content (AvgIpc) is 2.83. The summed E-state index contributed by atoms with van der Waals surface area (Å²) >= 11 is 0. The van der Waals surface area contributed by atoms with Gasteiger partial charge >= 0.3 is 0 Å². The van der Waals surface area contributed by atoms with E-state index in [4.69, 9.17) is 0 Å². The van der Waals surface area contributed by atoms with E-state index in [0.29, 0.717) is 0 Å². The molecule has 1 aliphatic carbocycles. The molecule has 0 saturated heterocycles. The van der Waals surface area contributed by atoms with Gasteiger partial charge < -0.3 is 4.90 Å². The van der Waals surface area contributed by atoms with Crippen LogP contribution in [0.3, 0.4) is 0 Å². The lowest BCUT2D eigenvalue weighted by Crippen LogP contribution is -2.12. The third-order valence-electron chi connectivity index (χ3n) is 6.68. The summed E-state index contributed by atoms with van der Waals surface area (Å²) in [5.74, 6) is 4.59. The highest BCUT2D eigenvalue weighted by Gasteiger charge is 2.13. The maximum Gasteiger partial charge on any atom is 0.139 e. The molecule has 1 aliphatic rings. The first-order valence-corrected chi connectivity index (χ1v) is 12.8. The molecule has 0 spiro atoms. The van der Waals surface area contributed by atoms with E-state index in [1.165, 1.54) is 44.1 Å². The molecule has 0 amide bonds. The fourth-order valence-corrected chi connectivity index (χ4v) is 4.43. The Morgan fingerprint density at radius 3 is 1.82 bits per heavy atom. The number of fused-ring (bicyclic) bond motifs is 1. The van der Waals surface area contributed by atoms with Crippen molar-refractivity contribution in [3.8, 4) is 0 Å². The largest absolute Gasteiger partial charge is 0.362 e. The van der Waals surface area contributed by atoms with Crippen molar-refractivity contribution in [2.45, 2.75) is 79.1 Å². The molecular weight excluding hydrogens is 402 g/mol. The molecule has 1 aromatic heterocycles. The van der Waals surface area contributed by atoms with Crippen LogP contribution in [0.1, 0.15) is 83.5 Å². The van der Waals surface area contributed by atoms with Crippen LogP contribution in [0.2, 0.25) is 0 Å². The Bertz CT molecular complexity index is 914. The minimum atomic E-state index is 0.760. The van der Waals surface area contributed by atoms with Crippen LogP contribution in [0.5, 0.6) is 0 Å². The average molecular weight is 448 g/mol. The van der Waals surface area contributed by atoms with Gasteiger partial charge in [0.15, 0.2) is 0 Å². The highest BCUT2D eigenvalue weighted by Crippen LogP contribution is 2.27. The molecule has 33 heavy (non-hydrogen) atoms. The monoisotopic (exact) mass is 447 g/mol. The van der Waals surface area contributed by atoms with Gasteiger partial charge in [0.2, 0.25) is 0 Å². The molecule has 1 heterocycles. The fraction of sp³-hybridized carbons (Fsp3) is 0.533. The van der Waals surface area contributed by atoms with E-state index in [1.807, 2.05) is 50.2 Å². The van der Waals surface area contributed by atoms with Crippen molar-refractivity contribution >= 4 is 16.7 Å². The van der Waals surface area contributed by atoms with Gasteiger partial charge in [0.05, 0.1) is 5.52 Å². The molecule has 3 nitrogen and oxygen atoms in total. The molecule has 4 rings (SSSR count). The van der Waals surface area contributed by atoms with Crippen molar-refractivity contribution < 1.29 is 0 Å². The highest BCUT2D eigenvalue weighted by molar-refractivity contribution is 5.89. The van der Waals surface area contributed by atoms with Crippen LogP contribution in [0, 0.1) is 18.8 Å². The van der Waals surface area contributed by atoms with Gasteiger partial charge in [0.25, 0.3) is 0 Å². The molecule has 0 unspecified atom stereocenters. The van der Waals surface area contributed by atoms with Gasteiger partial charge in [-0.05, 0) is 55.2 Å². The second kappa shape index (κ2) is 14.0. The lowest BCUT2D eigenvalue weighted by Gasteiger charge is -2.22. The number of rotatable bonds is 4. The maximum atomic E-state index is 4.42. The minimum absolute atomic E-state index is 0.760. The Morgan fingerprint density at radius 2 is 1.30 bits per heavy atom. The third-order valence-corrected chi connectivity index (χ3v) is 6.68. The zero-order valence-electron chi connectivity index (χ0n) is 22.0. The lowest BCUT2D eigenvalue weighted by molar-refractivity contribution is 0.308. The van der Waals surface area contributed by atoms with Crippen LogP contribution in [0.4, 0.5) is 5.82 Å². The summed E-state index contributed by atoms with van der Waals surface area (Å²) in [7, 11) is 3.99. The number of nitrogens with zero attached hydrogens (tertiary/aromatic N) is 3. The van der Waals surface area contributed by atoms with Crippen molar-refractivity contribution in [3.63, 3.8) is 0 Å². The van der Waals surface area contributed by atoms with Crippen molar-refractivity contribution in [3.05, 3.63) is 66.0 Å². The summed E-state index contributed by atoms with van der Waals surface area (Å²) in [5.41, 5.74) is 2.49. The number of aromatic nitrogens is 2. The summed E-state index contributed by atoms with van der Waals surface area (Å²) < 4.78 is 0. The van der Waals surface area contributed by atoms with Crippen LogP contribution in [-0.2, 0) is 0 Å². The molecule has 1 fully saturated rings. The van der Waals surface area contributed by atoms with Gasteiger partial charge in [-0.25, -0.2) is 9.97 Å². The second-order valence-electron chi connectivity index (χ2n) is 9.80. The molecule has 0 atom stereocenters. The number of hydrogen-bond donors (Lipinski definition) is 0. The summed E-state index contributed by atoms with van der Waals surface area (Å²) in [6.07, 6.45) is 8.39. The molecule has 1 saturated carbocycles. The molecule has 0 aliphatic heterocycles. The van der Waals surface area contributed by atoms with E-state index in [2.05, 4.69) is 68.0 Å². The van der Waals surface area contributed by atoms with Gasteiger partial charge in [-0.3, -0.25) is 0 Å². The molecule has 3 aromatic rings. The van der Waals surface area contributed by atoms with E-state index in [-0.39, 0.29) is 0 Å². The van der Waals surface area contributed by atoms with E-state index in [0.717, 1.165) is 40.3 Å². The summed E-state index contributed by atoms with van der Waals surface area (Å²) in [4.78, 5) is 10.8. The normalized spacial score (nSPS) is 17.6. The fourth-order valence-electron chi connectivity index (χ4n) is 4.43. The SMILES string of the molecule is CC1CCC(C)CC1.CCC(CC)c1ccccc1.Cc1nc(N(C)C)c2ccccc2n1. The van der Waals surface area contributed by atoms with Crippen molar-refractivity contribution in [1.29, 1.82) is 0 Å². The molecule has 0 N–H and O–H groups in total. The smallest absolute Gasteiger partial charge is 0.139 e. The summed E-state index contributed by atoms with van der Waals surface area (Å²) in [6, 6.07) is 18.8. The predicted molar refractivity (Wildman–Crippen MR) is 145 cm³/mol. The van der Waals surface area contributed by atoms with Crippen molar-refractivity contribution in [2.24, 2.45) is 11.8 Å². The molecular formula is C30H45N3. The third kappa shape index (κ3) is 8.79. The Hall–Kier alpha value is -2.42. The van der Waals surface area contributed by atoms with Crippen LogP contribution in [-0.4, -0.2) is 24.1 Å². The number of aryl methyl sites for hydroxylation is 1. The van der Waals surface area contributed by atoms with Crippen LogP contribution in [0.15, 0.2) is 54.6 Å². The summed E-state index contributed by atoms with van der Waals surface area (Å²) in [5, 5.41) is 1.10. The number of anilines is 1. The zero-order chi connectivity index (χ0) is 24.2. The Morgan fingerprint density at radius 1 is 0.788 bits per heavy atom. The van der Waals surface area contributed by atoms with Gasteiger partial charge in [0, 0.05) is 19.5 Å². The second-order valence-corrected chi connectivity index (χ2v) is 9.80. The number of benzene rings is 2. The molecule has 180 valence electrons. The first-order chi connectivity index (χ1) is 15.8. The van der Waals surface area contributed by atoms with E-state index >= 15 is 0 Å². The van der Waals surface area contributed by atoms with Gasteiger partial charge in [-0.15, -0.1) is 0 Å². The molecule has 2 aromatic carbocycles. The zero-order valence-corrected chi connectivity index (χ0v) is 22.0. The van der Waals surface area contributed by atoms with E-state index in [9.17, 15) is 0 Å². The quantitative estimate of drug-likeness (QED) is 0.402. The van der Waals surface area contributed by atoms with Crippen LogP contribution < -0.4 is 4.90 Å². The molecule has 0 bridgehead atoms. The first kappa shape index (κ1) is 26.8. The van der Waals surface area contributed by atoms with Crippen molar-refractivity contribution in [1.82, 2.24) is 9.97 Å². The van der Waals surface area contributed by atoms with E-state index in [1.54, 1.807) is 0 Å². The van der Waals surface area contributed by atoms with E-state index < -0.39 is 0 Å². The Labute approximate surface area is 202 Å². The number of para-hydroxylation sites is 1. The highest BCUT2D eigenvalue weighted by atomic mass is 15.1. The van der Waals surface area contributed by atoms with Crippen molar-refractivity contribution in [2.75, 3.05) is 19.0 Å². The van der Waals surface area contributed by atoms with Gasteiger partial charge in [-0.2, -0.15) is 0 Å². The maximum absolute atomic E-state index is 4.42. The lowest BCUT2D eigenvalue weighted by atomic mass is 9.84. The van der Waals surface area contributed by atoms with Crippen LogP contribution >= 0.6 is 0 Å². The summed E-state index contributed by atoms with van der Waals surface area (Å²) in [6.45, 7) is 11.2. The number of hydrogen-bond acceptors (Lipinski definition) is 3. The minimum Gasteiger partial charge on any atom is -0.362 e. The first-order valence-electron chi connectivity index (χ1n) is 12.8. The predicted octanol–water partition coefficient (Wildman–Crippen LogP) is 8.43. The molecule has 0 radical (unpaired) electrons. The van der Waals surface area contributed by atoms with Gasteiger partial charge in [0.1, 0.15) is 11.6 Å². The van der Waals surface area contributed by atoms with Crippen LogP contribution in [0.25, 0.3) is 10.9 Å². The Kier molecular flexibility index (Phi) is 11.4. The Balaban J connectivity index is 0.000000182.